The minimum atomic E-state index is -1.67. The van der Waals surface area contributed by atoms with Gasteiger partial charge in [-0.25, -0.2) is 0 Å². The number of ether oxygens (including phenoxy) is 4. The molecular weight excluding hydrogens is 785 g/mol. The van der Waals surface area contributed by atoms with Gasteiger partial charge >= 0.3 is 0 Å². The second-order valence-corrected chi connectivity index (χ2v) is 35.7. The molecule has 0 heterocycles. The Morgan fingerprint density at radius 3 is 0.931 bits per heavy atom. The predicted octanol–water partition coefficient (Wildman–Crippen LogP) is 13.4. The van der Waals surface area contributed by atoms with Crippen LogP contribution in [0.25, 0.3) is 0 Å². The van der Waals surface area contributed by atoms with Crippen LogP contribution in [0.5, 0.6) is 23.0 Å². The summed E-state index contributed by atoms with van der Waals surface area (Å²) >= 11 is 0. The van der Waals surface area contributed by atoms with Gasteiger partial charge in [-0.1, -0.05) is 60.7 Å². The molecule has 0 bridgehead atoms. The number of hydrogen-bond donors (Lipinski definition) is 0. The first kappa shape index (κ1) is 49.2. The van der Waals surface area contributed by atoms with Crippen molar-refractivity contribution in [2.45, 2.75) is 128 Å². The number of methoxy groups -OCH3 is 4. The van der Waals surface area contributed by atoms with Gasteiger partial charge in [0.15, 0.2) is 33.3 Å². The first-order valence-corrected chi connectivity index (χ1v) is 33.9. The van der Waals surface area contributed by atoms with Crippen LogP contribution in [-0.2, 0) is 33.9 Å². The molecule has 0 saturated carbocycles. The molecule has 0 aliphatic carbocycles. The fourth-order valence-corrected chi connectivity index (χ4v) is 25.7. The summed E-state index contributed by atoms with van der Waals surface area (Å²) in [5.74, 6) is 3.85. The normalized spacial score (nSPS) is 12.1. The summed E-state index contributed by atoms with van der Waals surface area (Å²) in [6.07, 6.45) is 9.05. The van der Waals surface area contributed by atoms with Crippen molar-refractivity contribution in [1.82, 2.24) is 0 Å². The highest BCUT2D eigenvalue weighted by Gasteiger charge is 2.33. The zero-order valence-electron chi connectivity index (χ0n) is 38.2. The molecule has 0 aliphatic rings. The summed E-state index contributed by atoms with van der Waals surface area (Å²) in [4.78, 5) is 0. The molecule has 320 valence electrons. The molecule has 0 spiro atoms. The van der Waals surface area contributed by atoms with Gasteiger partial charge in [-0.15, -0.1) is 0 Å². The van der Waals surface area contributed by atoms with Gasteiger partial charge < -0.3 is 27.2 Å². The van der Waals surface area contributed by atoms with Crippen LogP contribution in [0.3, 0.4) is 0 Å². The van der Waals surface area contributed by atoms with Crippen molar-refractivity contribution in [2.24, 2.45) is 0 Å². The number of aryl methyl sites for hydroxylation is 4. The fourth-order valence-electron chi connectivity index (χ4n) is 7.95. The topological polar surface area (TPSA) is 55.4 Å². The maximum absolute atomic E-state index is 6.83. The van der Waals surface area contributed by atoms with E-state index < -0.39 is 33.3 Å². The van der Waals surface area contributed by atoms with Gasteiger partial charge in [0.2, 0.25) is 0 Å². The summed E-state index contributed by atoms with van der Waals surface area (Å²) in [6.45, 7) is 19.1. The predicted molar refractivity (Wildman–Crippen MR) is 257 cm³/mol. The van der Waals surface area contributed by atoms with E-state index in [0.29, 0.717) is 0 Å². The van der Waals surface area contributed by atoms with Crippen LogP contribution in [0.4, 0.5) is 0 Å². The van der Waals surface area contributed by atoms with Crippen molar-refractivity contribution in [3.05, 3.63) is 119 Å². The highest BCUT2D eigenvalue weighted by atomic mass is 28.4. The number of benzene rings is 4. The maximum Gasteiger partial charge on any atom is 0.173 e. The van der Waals surface area contributed by atoms with E-state index in [1.807, 2.05) is 48.5 Å². The Morgan fingerprint density at radius 1 is 0.345 bits per heavy atom. The van der Waals surface area contributed by atoms with Gasteiger partial charge in [0.05, 0.1) is 28.4 Å². The smallest absolute Gasteiger partial charge is 0.173 e. The third-order valence-corrected chi connectivity index (χ3v) is 25.8. The molecule has 0 N–H and O–H groups in total. The van der Waals surface area contributed by atoms with E-state index in [9.17, 15) is 0 Å². The third-order valence-electron chi connectivity index (χ3n) is 10.7. The lowest BCUT2D eigenvalue weighted by Gasteiger charge is -2.34. The van der Waals surface area contributed by atoms with Crippen molar-refractivity contribution in [1.29, 1.82) is 0 Å². The Bertz CT molecular complexity index is 1620. The Hall–Kier alpha value is -3.13. The molecule has 0 unspecified atom stereocenters. The third kappa shape index (κ3) is 18.8. The van der Waals surface area contributed by atoms with Crippen molar-refractivity contribution in [3.8, 4) is 23.0 Å². The van der Waals surface area contributed by atoms with E-state index in [4.69, 9.17) is 27.2 Å². The Labute approximate surface area is 357 Å². The number of rotatable bonds is 24. The molecule has 0 aliphatic heterocycles. The summed E-state index contributed by atoms with van der Waals surface area (Å²) in [5.41, 5.74) is 5.36. The summed E-state index contributed by atoms with van der Waals surface area (Å²) < 4.78 is 35.1. The van der Waals surface area contributed by atoms with Crippen LogP contribution in [0.15, 0.2) is 97.1 Å². The molecule has 0 fully saturated rings. The van der Waals surface area contributed by atoms with Gasteiger partial charge in [-0.2, -0.15) is 0 Å². The number of para-hydroxylation sites is 2. The molecule has 0 amide bonds. The molecule has 58 heavy (non-hydrogen) atoms. The van der Waals surface area contributed by atoms with Crippen LogP contribution in [0.2, 0.25) is 76.6 Å². The van der Waals surface area contributed by atoms with Crippen molar-refractivity contribution < 1.29 is 27.2 Å². The molecule has 0 aromatic heterocycles. The van der Waals surface area contributed by atoms with Crippen molar-refractivity contribution >= 4 is 33.3 Å². The van der Waals surface area contributed by atoms with Gasteiger partial charge in [0, 0.05) is 0 Å². The first-order valence-electron chi connectivity index (χ1n) is 21.4. The lowest BCUT2D eigenvalue weighted by Crippen LogP contribution is -2.44. The second-order valence-electron chi connectivity index (χ2n) is 18.0. The molecule has 0 saturated heterocycles. The summed E-state index contributed by atoms with van der Waals surface area (Å²) in [5, 5.41) is 0. The quantitative estimate of drug-likeness (QED) is 0.0654. The molecule has 10 heteroatoms. The van der Waals surface area contributed by atoms with Crippen LogP contribution >= 0.6 is 0 Å². The van der Waals surface area contributed by atoms with E-state index in [1.165, 1.54) is 59.3 Å². The molecule has 4 rings (SSSR count). The number of hydrogen-bond acceptors (Lipinski definition) is 6. The minimum Gasteiger partial charge on any atom is -0.497 e. The molecule has 0 radical (unpaired) electrons. The van der Waals surface area contributed by atoms with E-state index in [-0.39, 0.29) is 0 Å². The summed E-state index contributed by atoms with van der Waals surface area (Å²) in [7, 11) is 0.317. The van der Waals surface area contributed by atoms with E-state index in [0.717, 1.165) is 61.5 Å². The molecule has 6 nitrogen and oxygen atoms in total. The zero-order chi connectivity index (χ0) is 42.7. The summed E-state index contributed by atoms with van der Waals surface area (Å²) in [6, 6.07) is 38.4. The fraction of sp³-hybridized carbons (Fsp3) is 0.500. The van der Waals surface area contributed by atoms with Crippen LogP contribution in [-0.4, -0.2) is 61.7 Å². The lowest BCUT2D eigenvalue weighted by atomic mass is 10.1. The first-order chi connectivity index (χ1) is 27.5. The standard InChI is InChI=1S/2C24H38O3Si2/c1-25-23-15-11-21(12-16-23)9-7-19-28(3,4)27-29(5,6)20-8-10-22-13-17-24(26-2)18-14-22;1-25-23-17-9-7-13-21(23)15-11-19-28(3,4)27-29(5,6)20-12-16-22-14-8-10-18-24(22)26-2/h11-18H,7-10,19-20H2,1-6H3;7-10,13-14,17-18H,11-12,15-16,19-20H2,1-6H3. The van der Waals surface area contributed by atoms with Gasteiger partial charge in [-0.3, -0.25) is 0 Å². The van der Waals surface area contributed by atoms with E-state index in [2.05, 4.69) is 101 Å². The average molecular weight is 861 g/mol. The second kappa shape index (κ2) is 24.2. The van der Waals surface area contributed by atoms with Crippen LogP contribution < -0.4 is 18.9 Å². The maximum atomic E-state index is 6.83. The monoisotopic (exact) mass is 860 g/mol. The van der Waals surface area contributed by atoms with Gasteiger partial charge in [0.25, 0.3) is 0 Å². The Morgan fingerprint density at radius 2 is 0.638 bits per heavy atom. The molecule has 4 aromatic rings. The van der Waals surface area contributed by atoms with E-state index >= 15 is 0 Å². The molecule has 0 atom stereocenters. The van der Waals surface area contributed by atoms with E-state index in [1.54, 1.807) is 28.4 Å². The highest BCUT2D eigenvalue weighted by Crippen LogP contribution is 2.29. The van der Waals surface area contributed by atoms with Gasteiger partial charge in [-0.05, 0) is 187 Å². The highest BCUT2D eigenvalue weighted by molar-refractivity contribution is 6.85. The van der Waals surface area contributed by atoms with Crippen LogP contribution in [0, 0.1) is 0 Å². The van der Waals surface area contributed by atoms with Crippen LogP contribution in [0.1, 0.15) is 47.9 Å². The Balaban J connectivity index is 0.000000310. The Kier molecular flexibility index (Phi) is 20.5. The molecule has 4 aromatic carbocycles. The SMILES string of the molecule is COc1ccc(CCC[Si](C)(C)O[Si](C)(C)CCCc2ccc(OC)cc2)cc1.COc1ccccc1CCC[Si](C)(C)O[Si](C)(C)CCCc1ccccc1OC. The largest absolute Gasteiger partial charge is 0.497 e. The minimum absolute atomic E-state index is 0.925. The average Bonchev–Trinajstić information content (AvgIpc) is 3.18. The lowest BCUT2D eigenvalue weighted by molar-refractivity contribution is 0.409. The van der Waals surface area contributed by atoms with Crippen molar-refractivity contribution in [2.75, 3.05) is 28.4 Å². The zero-order valence-corrected chi connectivity index (χ0v) is 42.2. The molecular formula is C48H76O6Si4. The van der Waals surface area contributed by atoms with Gasteiger partial charge in [0.1, 0.15) is 23.0 Å². The van der Waals surface area contributed by atoms with Crippen molar-refractivity contribution in [3.63, 3.8) is 0 Å².